The molecule has 0 heterocycles. The van der Waals surface area contributed by atoms with E-state index in [-0.39, 0.29) is 30.1 Å². The van der Waals surface area contributed by atoms with Gasteiger partial charge < -0.3 is 10.8 Å². The van der Waals surface area contributed by atoms with Crippen LogP contribution >= 0.6 is 12.4 Å². The Kier molecular flexibility index (Phi) is 5.52. The van der Waals surface area contributed by atoms with E-state index in [1.54, 1.807) is 13.8 Å². The van der Waals surface area contributed by atoms with Gasteiger partial charge in [0.05, 0.1) is 0 Å². The topological polar surface area (TPSA) is 46.2 Å². The minimum Gasteiger partial charge on any atom is -0.396 e. The molecule has 2 nitrogen and oxygen atoms in total. The molecule has 0 saturated carbocycles. The van der Waals surface area contributed by atoms with Gasteiger partial charge in [-0.1, -0.05) is 26.0 Å². The zero-order chi connectivity index (χ0) is 12.5. The van der Waals surface area contributed by atoms with Gasteiger partial charge in [0, 0.05) is 23.6 Å². The third-order valence-corrected chi connectivity index (χ3v) is 2.89. The lowest BCUT2D eigenvalue weighted by atomic mass is 9.81. The number of nitrogens with two attached hydrogens (primary N) is 1. The summed E-state index contributed by atoms with van der Waals surface area (Å²) < 4.78 is 27.0. The van der Waals surface area contributed by atoms with Crippen molar-refractivity contribution in [2.24, 2.45) is 11.1 Å². The van der Waals surface area contributed by atoms with Crippen LogP contribution in [-0.4, -0.2) is 11.7 Å². The number of aliphatic hydroxyl groups excluding tert-OH is 1. The number of rotatable bonds is 3. The Hall–Kier alpha value is -0.710. The molecule has 5 heteroatoms. The second-order valence-corrected chi connectivity index (χ2v) is 4.72. The molecule has 0 saturated heterocycles. The summed E-state index contributed by atoms with van der Waals surface area (Å²) in [7, 11) is 0. The van der Waals surface area contributed by atoms with E-state index in [1.165, 1.54) is 19.1 Å². The Balaban J connectivity index is 0.00000256. The third kappa shape index (κ3) is 3.15. The van der Waals surface area contributed by atoms with Gasteiger partial charge in [-0.05, 0) is 12.5 Å². The van der Waals surface area contributed by atoms with Crippen molar-refractivity contribution in [3.8, 4) is 0 Å². The number of aliphatic hydroxyl groups is 1. The number of halogens is 3. The van der Waals surface area contributed by atoms with E-state index >= 15 is 0 Å². The van der Waals surface area contributed by atoms with Crippen LogP contribution in [0, 0.1) is 24.0 Å². The maximum absolute atomic E-state index is 13.6. The lowest BCUT2D eigenvalue weighted by Gasteiger charge is -2.30. The molecule has 1 atom stereocenters. The third-order valence-electron chi connectivity index (χ3n) is 2.89. The second kappa shape index (κ2) is 5.76. The fourth-order valence-electron chi connectivity index (χ4n) is 1.42. The molecule has 0 radical (unpaired) electrons. The highest BCUT2D eigenvalue weighted by Crippen LogP contribution is 2.33. The molecule has 0 amide bonds. The molecule has 3 N–H and O–H groups in total. The monoisotopic (exact) mass is 265 g/mol. The van der Waals surface area contributed by atoms with Gasteiger partial charge in [-0.2, -0.15) is 0 Å². The average molecular weight is 266 g/mol. The first-order chi connectivity index (χ1) is 7.31. The van der Waals surface area contributed by atoms with Crippen LogP contribution in [-0.2, 0) is 0 Å². The minimum absolute atomic E-state index is 0. The van der Waals surface area contributed by atoms with Crippen molar-refractivity contribution in [3.05, 3.63) is 34.9 Å². The van der Waals surface area contributed by atoms with Gasteiger partial charge in [0.15, 0.2) is 11.6 Å². The molecule has 0 unspecified atom stereocenters. The van der Waals surface area contributed by atoms with Crippen LogP contribution in [0.3, 0.4) is 0 Å². The van der Waals surface area contributed by atoms with Gasteiger partial charge in [0.1, 0.15) is 0 Å². The van der Waals surface area contributed by atoms with Crippen LogP contribution in [0.4, 0.5) is 8.78 Å². The molecule has 1 rings (SSSR count). The number of benzene rings is 1. The van der Waals surface area contributed by atoms with Crippen molar-refractivity contribution in [3.63, 3.8) is 0 Å². The van der Waals surface area contributed by atoms with Crippen LogP contribution in [0.2, 0.25) is 0 Å². The van der Waals surface area contributed by atoms with Crippen LogP contribution in [0.1, 0.15) is 31.0 Å². The van der Waals surface area contributed by atoms with Gasteiger partial charge in [-0.15, -0.1) is 12.4 Å². The second-order valence-electron chi connectivity index (χ2n) is 4.72. The Morgan fingerprint density at radius 1 is 1.29 bits per heavy atom. The quantitative estimate of drug-likeness (QED) is 0.883. The number of hydrogen-bond acceptors (Lipinski definition) is 2. The summed E-state index contributed by atoms with van der Waals surface area (Å²) in [5, 5.41) is 9.14. The average Bonchev–Trinajstić information content (AvgIpc) is 2.25. The predicted octanol–water partition coefficient (Wildman–Crippen LogP) is 2.71. The molecule has 1 aromatic rings. The molecular weight excluding hydrogens is 248 g/mol. The van der Waals surface area contributed by atoms with Crippen molar-refractivity contribution < 1.29 is 13.9 Å². The lowest BCUT2D eigenvalue weighted by molar-refractivity contribution is 0.130. The normalized spacial score (nSPS) is 13.1. The van der Waals surface area contributed by atoms with Crippen LogP contribution in [0.5, 0.6) is 0 Å². The van der Waals surface area contributed by atoms with Gasteiger partial charge in [-0.3, -0.25) is 0 Å². The van der Waals surface area contributed by atoms with Crippen molar-refractivity contribution >= 4 is 12.4 Å². The van der Waals surface area contributed by atoms with E-state index in [2.05, 4.69) is 0 Å². The fourth-order valence-corrected chi connectivity index (χ4v) is 1.42. The number of aryl methyl sites for hydroxylation is 1. The van der Waals surface area contributed by atoms with Gasteiger partial charge >= 0.3 is 0 Å². The molecule has 17 heavy (non-hydrogen) atoms. The summed E-state index contributed by atoms with van der Waals surface area (Å²) in [6, 6.07) is 2.21. The Morgan fingerprint density at radius 3 is 2.29 bits per heavy atom. The largest absolute Gasteiger partial charge is 0.396 e. The molecule has 0 aliphatic carbocycles. The Bertz CT molecular complexity index is 396. The molecule has 1 aromatic carbocycles. The first-order valence-corrected chi connectivity index (χ1v) is 5.12. The zero-order valence-corrected chi connectivity index (χ0v) is 10.9. The van der Waals surface area contributed by atoms with Gasteiger partial charge in [0.25, 0.3) is 0 Å². The molecule has 0 fully saturated rings. The molecule has 0 aliphatic heterocycles. The van der Waals surface area contributed by atoms with E-state index in [1.807, 2.05) is 0 Å². The first-order valence-electron chi connectivity index (χ1n) is 5.12. The van der Waals surface area contributed by atoms with E-state index in [0.29, 0.717) is 0 Å². The minimum atomic E-state index is -0.922. The van der Waals surface area contributed by atoms with Gasteiger partial charge in [0.2, 0.25) is 0 Å². The number of hydrogen-bond donors (Lipinski definition) is 2. The van der Waals surface area contributed by atoms with E-state index in [4.69, 9.17) is 10.8 Å². The first kappa shape index (κ1) is 16.3. The fraction of sp³-hybridized carbons (Fsp3) is 0.500. The summed E-state index contributed by atoms with van der Waals surface area (Å²) in [5.74, 6) is -1.80. The summed E-state index contributed by atoms with van der Waals surface area (Å²) >= 11 is 0. The lowest BCUT2D eigenvalue weighted by Crippen LogP contribution is -2.33. The van der Waals surface area contributed by atoms with Crippen molar-refractivity contribution in [1.82, 2.24) is 0 Å². The molecule has 0 aliphatic rings. The van der Waals surface area contributed by atoms with Crippen molar-refractivity contribution in [2.45, 2.75) is 26.8 Å². The summed E-state index contributed by atoms with van der Waals surface area (Å²) in [6.45, 7) is 4.71. The Labute approximate surface area is 106 Å². The highest BCUT2D eigenvalue weighted by molar-refractivity contribution is 5.85. The molecule has 0 spiro atoms. The highest BCUT2D eigenvalue weighted by atomic mass is 35.5. The zero-order valence-electron chi connectivity index (χ0n) is 10.1. The van der Waals surface area contributed by atoms with E-state index in [0.717, 1.165) is 0 Å². The van der Waals surface area contributed by atoms with E-state index < -0.39 is 23.1 Å². The predicted molar refractivity (Wildman–Crippen MR) is 66.1 cm³/mol. The summed E-state index contributed by atoms with van der Waals surface area (Å²) in [5.41, 5.74) is 5.49. The molecule has 98 valence electrons. The van der Waals surface area contributed by atoms with Crippen LogP contribution in [0.15, 0.2) is 12.1 Å². The summed E-state index contributed by atoms with van der Waals surface area (Å²) in [6.07, 6.45) is 0. The summed E-state index contributed by atoms with van der Waals surface area (Å²) in [4.78, 5) is 0. The van der Waals surface area contributed by atoms with E-state index in [9.17, 15) is 8.78 Å². The van der Waals surface area contributed by atoms with Crippen molar-refractivity contribution in [1.29, 1.82) is 0 Å². The molecule has 0 aromatic heterocycles. The van der Waals surface area contributed by atoms with Gasteiger partial charge in [-0.25, -0.2) is 8.78 Å². The SMILES string of the molecule is Cc1ccc([C@@H](N)C(C)(C)CO)c(F)c1F.Cl. The van der Waals surface area contributed by atoms with Crippen molar-refractivity contribution in [2.75, 3.05) is 6.61 Å². The molecular formula is C12H18ClF2NO. The maximum Gasteiger partial charge on any atom is 0.163 e. The maximum atomic E-state index is 13.6. The van der Waals surface area contributed by atoms with Crippen LogP contribution in [0.25, 0.3) is 0 Å². The Morgan fingerprint density at radius 2 is 1.82 bits per heavy atom. The highest BCUT2D eigenvalue weighted by Gasteiger charge is 2.30. The smallest absolute Gasteiger partial charge is 0.163 e. The standard InChI is InChI=1S/C12H17F2NO.ClH/c1-7-4-5-8(10(14)9(7)13)11(15)12(2,3)6-16;/h4-5,11,16H,6,15H2,1-3H3;1H/t11-;/m1./s1. The van der Waals surface area contributed by atoms with Crippen LogP contribution < -0.4 is 5.73 Å². The molecule has 0 bridgehead atoms.